The zero-order valence-corrected chi connectivity index (χ0v) is 32.4. The molecule has 0 spiro atoms. The number of hydrogen-bond donors (Lipinski definition) is 0. The summed E-state index contributed by atoms with van der Waals surface area (Å²) in [5, 5.41) is 9.60. The first-order valence-electron chi connectivity index (χ1n) is 21.2. The van der Waals surface area contributed by atoms with Crippen LogP contribution in [0.15, 0.2) is 173 Å². The highest BCUT2D eigenvalue weighted by atomic mass is 16.3. The van der Waals surface area contributed by atoms with Crippen LogP contribution in [-0.4, -0.2) is 22.7 Å². The van der Waals surface area contributed by atoms with E-state index in [0.717, 1.165) is 55.3 Å². The molecule has 0 bridgehead atoms. The van der Waals surface area contributed by atoms with Crippen LogP contribution in [0, 0.1) is 0 Å². The molecule has 4 aliphatic rings. The normalized spacial score (nSPS) is 14.1. The summed E-state index contributed by atoms with van der Waals surface area (Å²) in [6, 6.07) is 60.8. The summed E-state index contributed by atoms with van der Waals surface area (Å²) in [5.74, 6) is 0. The molecule has 0 aliphatic carbocycles. The zero-order valence-electron chi connectivity index (χ0n) is 32.4. The van der Waals surface area contributed by atoms with Gasteiger partial charge in [-0.15, -0.1) is 0 Å². The number of para-hydroxylation sites is 6. The minimum Gasteiger partial charge on any atom is -0.454 e. The molecule has 5 nitrogen and oxygen atoms in total. The van der Waals surface area contributed by atoms with E-state index < -0.39 is 0 Å². The smallest absolute Gasteiger partial charge is 0.333 e. The van der Waals surface area contributed by atoms with Gasteiger partial charge in [0.2, 0.25) is 0 Å². The molecule has 7 heteroatoms. The lowest BCUT2D eigenvalue weighted by atomic mass is 9.39. The Bertz CT molecular complexity index is 4010. The van der Waals surface area contributed by atoms with Crippen molar-refractivity contribution in [2.24, 2.45) is 0 Å². The first kappa shape index (κ1) is 30.2. The topological polar surface area (TPSA) is 39.4 Å². The second-order valence-corrected chi connectivity index (χ2v) is 17.4. The van der Waals surface area contributed by atoms with Crippen LogP contribution in [0.4, 0.5) is 17.1 Å². The van der Waals surface area contributed by atoms with Crippen LogP contribution in [0.1, 0.15) is 0 Å². The molecule has 0 saturated carbocycles. The molecule has 4 aromatic heterocycles. The lowest BCUT2D eigenvalue weighted by Crippen LogP contribution is -2.65. The Hall–Kier alpha value is -7.89. The van der Waals surface area contributed by atoms with Gasteiger partial charge in [0.25, 0.3) is 0 Å². The molecular weight excluding hydrogens is 744 g/mol. The van der Waals surface area contributed by atoms with E-state index in [1.165, 1.54) is 93.4 Å². The maximum absolute atomic E-state index is 7.16. The quantitative estimate of drug-likeness (QED) is 0.144. The molecule has 0 amide bonds. The number of rotatable bonds is 0. The third-order valence-electron chi connectivity index (χ3n) is 14.8. The van der Waals surface area contributed by atoms with E-state index in [9.17, 15) is 0 Å². The summed E-state index contributed by atoms with van der Waals surface area (Å²) in [4.78, 5) is 2.60. The number of nitrogens with zero attached hydrogens (tertiary/aromatic N) is 3. The van der Waals surface area contributed by atoms with Gasteiger partial charge in [-0.25, -0.2) is 0 Å². The molecule has 276 valence electrons. The van der Waals surface area contributed by atoms with Crippen molar-refractivity contribution in [3.8, 4) is 22.3 Å². The number of furan rings is 2. The standard InChI is InChI=1S/C54H27B2N3O2/c1-5-19-42-28(11-1)32-15-9-17-34-38-27-39-35-18-10-16-33-29-12-2-6-20-43(29)59(49(33)35)56-41-26-24-37-31-14-4-8-22-45(31)61-54(37)51(41)57-50-40(55(58(42)48(32)34)46(38)52(57)47(39)56)25-23-36-30-13-3-7-21-44(30)60-53(36)50/h1-27H. The number of hydrogen-bond acceptors (Lipinski definition) is 3. The molecule has 0 atom stereocenters. The molecule has 0 fully saturated rings. The van der Waals surface area contributed by atoms with Crippen molar-refractivity contribution < 1.29 is 8.83 Å². The average molecular weight is 771 g/mol. The van der Waals surface area contributed by atoms with Crippen LogP contribution >= 0.6 is 0 Å². The average Bonchev–Trinajstić information content (AvgIpc) is 4.07. The molecule has 4 aliphatic heterocycles. The molecular formula is C54H27B2N3O2. The highest BCUT2D eigenvalue weighted by molar-refractivity contribution is 6.95. The van der Waals surface area contributed by atoms with Crippen LogP contribution in [0.3, 0.4) is 0 Å². The minimum absolute atomic E-state index is 0.118. The second-order valence-electron chi connectivity index (χ2n) is 17.4. The van der Waals surface area contributed by atoms with Gasteiger partial charge < -0.3 is 22.7 Å². The van der Waals surface area contributed by atoms with Gasteiger partial charge in [-0.2, -0.15) is 0 Å². The van der Waals surface area contributed by atoms with Crippen LogP contribution in [-0.2, 0) is 0 Å². The Labute approximate surface area is 347 Å². The highest BCUT2D eigenvalue weighted by Crippen LogP contribution is 2.53. The van der Waals surface area contributed by atoms with E-state index in [2.05, 4.69) is 178 Å². The fourth-order valence-corrected chi connectivity index (χ4v) is 12.7. The van der Waals surface area contributed by atoms with Gasteiger partial charge in [-0.05, 0) is 63.3 Å². The SMILES string of the molecule is c1ccc2c(c1)oc1c3c(ccc12)B1c2c(cc4c5c2N3c2c(ccc3c2oc2ccccc23)B5n2c3ccccc3c3cccc-4c32)-c2cccc3c4ccccc4n1c23. The van der Waals surface area contributed by atoms with Crippen molar-refractivity contribution >= 4 is 140 Å². The third-order valence-corrected chi connectivity index (χ3v) is 14.8. The molecule has 0 radical (unpaired) electrons. The van der Waals surface area contributed by atoms with Gasteiger partial charge in [0.1, 0.15) is 11.2 Å². The van der Waals surface area contributed by atoms with E-state index in [-0.39, 0.29) is 13.7 Å². The van der Waals surface area contributed by atoms with Gasteiger partial charge in [-0.1, -0.05) is 133 Å². The van der Waals surface area contributed by atoms with Crippen molar-refractivity contribution in [2.45, 2.75) is 0 Å². The van der Waals surface area contributed by atoms with Gasteiger partial charge in [0, 0.05) is 82.0 Å². The van der Waals surface area contributed by atoms with Gasteiger partial charge in [0.15, 0.2) is 11.2 Å². The first-order valence-corrected chi connectivity index (χ1v) is 21.2. The number of anilines is 3. The van der Waals surface area contributed by atoms with Crippen LogP contribution < -0.4 is 26.8 Å². The molecule has 8 heterocycles. The summed E-state index contributed by atoms with van der Waals surface area (Å²) in [6.45, 7) is -0.237. The molecule has 0 unspecified atom stereocenters. The molecule has 61 heavy (non-hydrogen) atoms. The zero-order chi connectivity index (χ0) is 39.0. The molecule has 0 N–H and O–H groups in total. The van der Waals surface area contributed by atoms with E-state index >= 15 is 0 Å². The van der Waals surface area contributed by atoms with Crippen molar-refractivity contribution in [1.29, 1.82) is 0 Å². The fourth-order valence-electron chi connectivity index (χ4n) is 12.7. The highest BCUT2D eigenvalue weighted by Gasteiger charge is 2.52. The summed E-state index contributed by atoms with van der Waals surface area (Å²) < 4.78 is 19.6. The summed E-state index contributed by atoms with van der Waals surface area (Å²) in [6.07, 6.45) is 0. The number of benzene rings is 9. The van der Waals surface area contributed by atoms with E-state index in [0.29, 0.717) is 0 Å². The molecule has 9 aromatic carbocycles. The van der Waals surface area contributed by atoms with Crippen molar-refractivity contribution in [3.05, 3.63) is 164 Å². The monoisotopic (exact) mass is 771 g/mol. The van der Waals surface area contributed by atoms with Crippen LogP contribution in [0.5, 0.6) is 0 Å². The first-order chi connectivity index (χ1) is 30.3. The van der Waals surface area contributed by atoms with Gasteiger partial charge in [0.05, 0.1) is 11.4 Å². The lowest BCUT2D eigenvalue weighted by Gasteiger charge is -2.47. The van der Waals surface area contributed by atoms with E-state index in [1.807, 2.05) is 0 Å². The Morgan fingerprint density at radius 1 is 0.344 bits per heavy atom. The lowest BCUT2D eigenvalue weighted by molar-refractivity contribution is 0.666. The second kappa shape index (κ2) is 9.93. The minimum atomic E-state index is -0.118. The van der Waals surface area contributed by atoms with E-state index in [1.54, 1.807) is 0 Å². The Kier molecular flexibility index (Phi) is 4.91. The summed E-state index contributed by atoms with van der Waals surface area (Å²) in [5.41, 5.74) is 22.3. The molecule has 13 aromatic rings. The maximum atomic E-state index is 7.16. The fraction of sp³-hybridized carbons (Fsp3) is 0. The summed E-state index contributed by atoms with van der Waals surface area (Å²) in [7, 11) is 0. The van der Waals surface area contributed by atoms with Crippen molar-refractivity contribution in [1.82, 2.24) is 8.96 Å². The van der Waals surface area contributed by atoms with E-state index in [4.69, 9.17) is 8.83 Å². The number of fused-ring (bicyclic) bond motifs is 24. The van der Waals surface area contributed by atoms with Gasteiger partial charge in [-0.3, -0.25) is 0 Å². The molecule has 0 saturated heterocycles. The number of aromatic nitrogens is 2. The predicted octanol–water partition coefficient (Wildman–Crippen LogP) is 11.1. The third kappa shape index (κ3) is 3.20. The van der Waals surface area contributed by atoms with Gasteiger partial charge >= 0.3 is 13.7 Å². The van der Waals surface area contributed by atoms with Crippen molar-refractivity contribution in [3.63, 3.8) is 0 Å². The Morgan fingerprint density at radius 3 is 1.30 bits per heavy atom. The maximum Gasteiger partial charge on any atom is 0.333 e. The van der Waals surface area contributed by atoms with Crippen LogP contribution in [0.2, 0.25) is 0 Å². The van der Waals surface area contributed by atoms with Crippen molar-refractivity contribution in [2.75, 3.05) is 4.90 Å². The molecule has 17 rings (SSSR count). The summed E-state index contributed by atoms with van der Waals surface area (Å²) >= 11 is 0. The largest absolute Gasteiger partial charge is 0.454 e. The Morgan fingerprint density at radius 2 is 0.787 bits per heavy atom. The predicted molar refractivity (Wildman–Crippen MR) is 253 cm³/mol. The van der Waals surface area contributed by atoms with Crippen LogP contribution in [0.25, 0.3) is 110 Å². The Balaban J connectivity index is 1.16.